The molecule has 0 aromatic rings. The van der Waals surface area contributed by atoms with Crippen LogP contribution >= 0.6 is 0 Å². The van der Waals surface area contributed by atoms with Crippen molar-refractivity contribution in [2.24, 2.45) is 0 Å². The second kappa shape index (κ2) is 3.72. The highest BCUT2D eigenvalue weighted by Crippen LogP contribution is 2.24. The number of hydrogen-bond acceptors (Lipinski definition) is 1. The molecule has 0 aromatic heterocycles. The van der Waals surface area contributed by atoms with Crippen LogP contribution in [0.25, 0.3) is 0 Å². The standard InChI is InChI=1S/C9H20OSi/c1-4-5-9-6-7-11(2,3)8-10-9/h9H,4-8H2,1-3H3. The van der Waals surface area contributed by atoms with Gasteiger partial charge >= 0.3 is 0 Å². The summed E-state index contributed by atoms with van der Waals surface area (Å²) in [7, 11) is -0.884. The highest BCUT2D eigenvalue weighted by Gasteiger charge is 2.28. The van der Waals surface area contributed by atoms with Crippen LogP contribution in [0.1, 0.15) is 26.2 Å². The molecule has 2 heteroatoms. The quantitative estimate of drug-likeness (QED) is 0.582. The molecular formula is C9H20OSi. The number of rotatable bonds is 2. The Morgan fingerprint density at radius 1 is 1.45 bits per heavy atom. The molecule has 1 nitrogen and oxygen atoms in total. The van der Waals surface area contributed by atoms with Crippen LogP contribution in [0.5, 0.6) is 0 Å². The van der Waals surface area contributed by atoms with Crippen LogP contribution in [0.2, 0.25) is 19.1 Å². The van der Waals surface area contributed by atoms with Crippen molar-refractivity contribution in [3.8, 4) is 0 Å². The fourth-order valence-corrected chi connectivity index (χ4v) is 3.53. The van der Waals surface area contributed by atoms with E-state index in [2.05, 4.69) is 20.0 Å². The van der Waals surface area contributed by atoms with Gasteiger partial charge in [-0.15, -0.1) is 0 Å². The molecule has 1 saturated heterocycles. The van der Waals surface area contributed by atoms with Gasteiger partial charge in [-0.1, -0.05) is 32.5 Å². The maximum absolute atomic E-state index is 5.80. The molecule has 1 aliphatic heterocycles. The molecule has 1 heterocycles. The molecule has 11 heavy (non-hydrogen) atoms. The Bertz CT molecular complexity index is 113. The molecule has 0 spiro atoms. The molecule has 66 valence electrons. The maximum atomic E-state index is 5.80. The van der Waals surface area contributed by atoms with Gasteiger partial charge < -0.3 is 4.74 Å². The summed E-state index contributed by atoms with van der Waals surface area (Å²) in [4.78, 5) is 0. The highest BCUT2D eigenvalue weighted by atomic mass is 28.3. The van der Waals surface area contributed by atoms with Crippen molar-refractivity contribution >= 4 is 8.07 Å². The monoisotopic (exact) mass is 172 g/mol. The van der Waals surface area contributed by atoms with E-state index in [-0.39, 0.29) is 0 Å². The molecule has 1 fully saturated rings. The molecule has 1 unspecified atom stereocenters. The van der Waals surface area contributed by atoms with Crippen molar-refractivity contribution in [2.75, 3.05) is 6.23 Å². The van der Waals surface area contributed by atoms with Gasteiger partial charge in [0.1, 0.15) is 0 Å². The summed E-state index contributed by atoms with van der Waals surface area (Å²) in [6.07, 6.45) is 5.56. The summed E-state index contributed by atoms with van der Waals surface area (Å²) in [6, 6.07) is 1.47. The Kier molecular flexibility index (Phi) is 3.13. The first kappa shape index (κ1) is 9.27. The highest BCUT2D eigenvalue weighted by molar-refractivity contribution is 6.77. The number of ether oxygens (including phenoxy) is 1. The Morgan fingerprint density at radius 2 is 2.18 bits per heavy atom. The Labute approximate surface area is 71.1 Å². The van der Waals surface area contributed by atoms with Crippen molar-refractivity contribution in [1.82, 2.24) is 0 Å². The largest absolute Gasteiger partial charge is 0.382 e. The van der Waals surface area contributed by atoms with E-state index in [1.807, 2.05) is 0 Å². The van der Waals surface area contributed by atoms with Gasteiger partial charge in [0, 0.05) is 6.23 Å². The SMILES string of the molecule is CCCC1CC[Si](C)(C)CO1. The minimum absolute atomic E-state index is 0.598. The minimum atomic E-state index is -0.884. The lowest BCUT2D eigenvalue weighted by Gasteiger charge is -2.32. The molecule has 0 N–H and O–H groups in total. The average molecular weight is 172 g/mol. The Hall–Kier alpha value is 0.177. The van der Waals surface area contributed by atoms with E-state index in [9.17, 15) is 0 Å². The summed E-state index contributed by atoms with van der Waals surface area (Å²) in [5.41, 5.74) is 0. The molecule has 1 rings (SSSR count). The van der Waals surface area contributed by atoms with Gasteiger partial charge in [0.05, 0.1) is 14.2 Å². The van der Waals surface area contributed by atoms with Crippen molar-refractivity contribution in [3.05, 3.63) is 0 Å². The first-order valence-corrected chi connectivity index (χ1v) is 8.17. The van der Waals surface area contributed by atoms with Gasteiger partial charge in [-0.2, -0.15) is 0 Å². The molecule has 0 aliphatic carbocycles. The van der Waals surface area contributed by atoms with Crippen LogP contribution in [0.3, 0.4) is 0 Å². The zero-order valence-corrected chi connectivity index (χ0v) is 9.02. The van der Waals surface area contributed by atoms with Crippen molar-refractivity contribution < 1.29 is 4.74 Å². The van der Waals surface area contributed by atoms with E-state index in [0.717, 1.165) is 6.23 Å². The first-order chi connectivity index (χ1) is 5.14. The Morgan fingerprint density at radius 3 is 2.64 bits per heavy atom. The zero-order chi connectivity index (χ0) is 8.32. The van der Waals surface area contributed by atoms with Crippen LogP contribution in [0.4, 0.5) is 0 Å². The van der Waals surface area contributed by atoms with E-state index in [4.69, 9.17) is 4.74 Å². The van der Waals surface area contributed by atoms with E-state index in [1.165, 1.54) is 25.3 Å². The molecular weight excluding hydrogens is 152 g/mol. The van der Waals surface area contributed by atoms with Gasteiger partial charge in [-0.3, -0.25) is 0 Å². The van der Waals surface area contributed by atoms with Crippen molar-refractivity contribution in [2.45, 2.75) is 51.4 Å². The van der Waals surface area contributed by atoms with Gasteiger partial charge in [0.2, 0.25) is 0 Å². The predicted octanol–water partition coefficient (Wildman–Crippen LogP) is 2.82. The third-order valence-electron chi connectivity index (χ3n) is 2.46. The van der Waals surface area contributed by atoms with Crippen LogP contribution in [-0.4, -0.2) is 20.4 Å². The fourth-order valence-electron chi connectivity index (χ4n) is 1.60. The number of hydrogen-bond donors (Lipinski definition) is 0. The summed E-state index contributed by atoms with van der Waals surface area (Å²) in [5.74, 6) is 0. The van der Waals surface area contributed by atoms with Crippen LogP contribution in [0, 0.1) is 0 Å². The second-order valence-corrected chi connectivity index (χ2v) is 9.54. The second-order valence-electron chi connectivity index (χ2n) is 4.42. The lowest BCUT2D eigenvalue weighted by molar-refractivity contribution is 0.0606. The molecule has 0 amide bonds. The third-order valence-corrected chi connectivity index (χ3v) is 5.05. The molecule has 1 aliphatic rings. The fraction of sp³-hybridized carbons (Fsp3) is 1.00. The normalized spacial score (nSPS) is 30.3. The van der Waals surface area contributed by atoms with E-state index in [0.29, 0.717) is 6.10 Å². The molecule has 0 bridgehead atoms. The van der Waals surface area contributed by atoms with Gasteiger partial charge in [-0.05, 0) is 12.8 Å². The van der Waals surface area contributed by atoms with Crippen LogP contribution in [-0.2, 0) is 4.74 Å². The lowest BCUT2D eigenvalue weighted by atomic mass is 10.1. The smallest absolute Gasteiger partial charge is 0.0777 e. The van der Waals surface area contributed by atoms with Gasteiger partial charge in [0.15, 0.2) is 0 Å². The summed E-state index contributed by atoms with van der Waals surface area (Å²) < 4.78 is 5.80. The average Bonchev–Trinajstić information content (AvgIpc) is 1.94. The summed E-state index contributed by atoms with van der Waals surface area (Å²) in [6.45, 7) is 7.09. The van der Waals surface area contributed by atoms with Crippen LogP contribution in [0.15, 0.2) is 0 Å². The molecule has 0 saturated carbocycles. The van der Waals surface area contributed by atoms with E-state index >= 15 is 0 Å². The third kappa shape index (κ3) is 2.95. The topological polar surface area (TPSA) is 9.23 Å². The first-order valence-electron chi connectivity index (χ1n) is 4.76. The molecule has 0 aromatic carbocycles. The minimum Gasteiger partial charge on any atom is -0.382 e. The van der Waals surface area contributed by atoms with Crippen molar-refractivity contribution in [3.63, 3.8) is 0 Å². The molecule has 0 radical (unpaired) electrons. The lowest BCUT2D eigenvalue weighted by Crippen LogP contribution is -2.40. The van der Waals surface area contributed by atoms with Crippen molar-refractivity contribution in [1.29, 1.82) is 0 Å². The van der Waals surface area contributed by atoms with Gasteiger partial charge in [0.25, 0.3) is 0 Å². The van der Waals surface area contributed by atoms with E-state index < -0.39 is 8.07 Å². The molecule has 1 atom stereocenters. The maximum Gasteiger partial charge on any atom is 0.0777 e. The van der Waals surface area contributed by atoms with E-state index in [1.54, 1.807) is 0 Å². The van der Waals surface area contributed by atoms with Crippen LogP contribution < -0.4 is 0 Å². The summed E-state index contributed by atoms with van der Waals surface area (Å²) in [5, 5.41) is 0. The van der Waals surface area contributed by atoms with Gasteiger partial charge in [-0.25, -0.2) is 0 Å². The summed E-state index contributed by atoms with van der Waals surface area (Å²) >= 11 is 0. The Balaban J connectivity index is 2.25. The zero-order valence-electron chi connectivity index (χ0n) is 8.02. The predicted molar refractivity (Wildman–Crippen MR) is 51.6 cm³/mol.